The van der Waals surface area contributed by atoms with Crippen molar-refractivity contribution in [3.63, 3.8) is 0 Å². The van der Waals surface area contributed by atoms with Gasteiger partial charge in [0.1, 0.15) is 36.6 Å². The van der Waals surface area contributed by atoms with Gasteiger partial charge in [-0.05, 0) is 72.6 Å². The first-order chi connectivity index (χ1) is 18.7. The molecule has 196 valence electrons. The first-order valence-corrected chi connectivity index (χ1v) is 14.1. The highest BCUT2D eigenvalue weighted by Gasteiger charge is 2.19. The number of hydrogen-bond donors (Lipinski definition) is 2. The Morgan fingerprint density at radius 2 is 1.26 bits per heavy atom. The molecule has 0 heterocycles. The van der Waals surface area contributed by atoms with E-state index in [9.17, 15) is 9.67 Å². The van der Waals surface area contributed by atoms with Crippen molar-refractivity contribution in [3.05, 3.63) is 120 Å². The lowest BCUT2D eigenvalue weighted by Gasteiger charge is -2.14. The van der Waals surface area contributed by atoms with Gasteiger partial charge in [0.2, 0.25) is 0 Å². The summed E-state index contributed by atoms with van der Waals surface area (Å²) in [6, 6.07) is 34.6. The maximum Gasteiger partial charge on any atom is 0.417 e. The van der Waals surface area contributed by atoms with Gasteiger partial charge in [-0.1, -0.05) is 65.2 Å². The zero-order valence-electron chi connectivity index (χ0n) is 21.2. The summed E-state index contributed by atoms with van der Waals surface area (Å²) in [6.45, 7) is 1.88. The number of aliphatic hydroxyl groups excluding tert-OH is 1. The second kappa shape index (κ2) is 14.9. The molecular weight excluding hydrogens is 497 g/mol. The predicted molar refractivity (Wildman–Crippen MR) is 151 cm³/mol. The minimum atomic E-state index is -1.58. The molecular formula is C31H33NO5P+. The number of ether oxygens (including phenoxy) is 3. The van der Waals surface area contributed by atoms with Crippen molar-refractivity contribution in [2.75, 3.05) is 26.0 Å². The van der Waals surface area contributed by atoms with E-state index in [1.54, 1.807) is 0 Å². The number of rotatable bonds is 15. The number of hydrogen-bond acceptors (Lipinski definition) is 6. The van der Waals surface area contributed by atoms with Gasteiger partial charge in [0.15, 0.2) is 5.30 Å². The Kier molecular flexibility index (Phi) is 10.7. The highest BCUT2D eigenvalue weighted by Crippen LogP contribution is 2.22. The Labute approximate surface area is 225 Å². The second-order valence-electron chi connectivity index (χ2n) is 8.80. The summed E-state index contributed by atoms with van der Waals surface area (Å²) in [5.41, 5.74) is 2.26. The fourth-order valence-corrected chi connectivity index (χ4v) is 4.60. The Balaban J connectivity index is 1.08. The third-order valence-corrected chi connectivity index (χ3v) is 7.04. The SMILES string of the molecule is O=[P+](COc1ccc(CCNC[C@H](O)COc2ccc(OCc3ccccc3)cc2)cc1)c1ccccc1. The maximum absolute atomic E-state index is 12.3. The quantitative estimate of drug-likeness (QED) is 0.160. The molecule has 0 spiro atoms. The summed E-state index contributed by atoms with van der Waals surface area (Å²) in [6.07, 6.45) is 0.356. The van der Waals surface area contributed by atoms with Crippen LogP contribution in [0.15, 0.2) is 109 Å². The molecule has 0 saturated carbocycles. The van der Waals surface area contributed by atoms with Gasteiger partial charge in [0.05, 0.1) is 0 Å². The van der Waals surface area contributed by atoms with Crippen LogP contribution in [0.2, 0.25) is 0 Å². The zero-order valence-corrected chi connectivity index (χ0v) is 22.1. The van der Waals surface area contributed by atoms with E-state index in [1.807, 2.05) is 109 Å². The molecule has 2 atom stereocenters. The van der Waals surface area contributed by atoms with Gasteiger partial charge in [-0.25, -0.2) is 0 Å². The molecule has 0 radical (unpaired) electrons. The van der Waals surface area contributed by atoms with Crippen molar-refractivity contribution < 1.29 is 23.9 Å². The maximum atomic E-state index is 12.3. The van der Waals surface area contributed by atoms with E-state index in [0.29, 0.717) is 24.7 Å². The molecule has 7 heteroatoms. The average Bonchev–Trinajstić information content (AvgIpc) is 2.98. The molecule has 4 rings (SSSR count). The van der Waals surface area contributed by atoms with Crippen molar-refractivity contribution in [3.8, 4) is 17.2 Å². The molecule has 0 fully saturated rings. The summed E-state index contributed by atoms with van der Waals surface area (Å²) < 4.78 is 29.5. The van der Waals surface area contributed by atoms with Gasteiger partial charge < -0.3 is 24.6 Å². The van der Waals surface area contributed by atoms with Gasteiger partial charge in [-0.2, -0.15) is 0 Å². The van der Waals surface area contributed by atoms with Crippen LogP contribution in [0.4, 0.5) is 0 Å². The van der Waals surface area contributed by atoms with E-state index in [4.69, 9.17) is 14.2 Å². The zero-order chi connectivity index (χ0) is 26.4. The molecule has 2 N–H and O–H groups in total. The Morgan fingerprint density at radius 3 is 1.95 bits per heavy atom. The largest absolute Gasteiger partial charge is 0.491 e. The first-order valence-electron chi connectivity index (χ1n) is 12.7. The van der Waals surface area contributed by atoms with Crippen LogP contribution < -0.4 is 24.8 Å². The third kappa shape index (κ3) is 9.31. The van der Waals surface area contributed by atoms with Crippen molar-refractivity contribution in [1.29, 1.82) is 0 Å². The van der Waals surface area contributed by atoms with E-state index >= 15 is 0 Å². The van der Waals surface area contributed by atoms with Gasteiger partial charge in [0.25, 0.3) is 6.35 Å². The molecule has 6 nitrogen and oxygen atoms in total. The van der Waals surface area contributed by atoms with Crippen LogP contribution in [0.1, 0.15) is 11.1 Å². The summed E-state index contributed by atoms with van der Waals surface area (Å²) in [5, 5.41) is 14.3. The highest BCUT2D eigenvalue weighted by molar-refractivity contribution is 7.53. The van der Waals surface area contributed by atoms with Gasteiger partial charge in [-0.3, -0.25) is 0 Å². The summed E-state index contributed by atoms with van der Waals surface area (Å²) in [4.78, 5) is 0. The van der Waals surface area contributed by atoms with E-state index in [1.165, 1.54) is 0 Å². The van der Waals surface area contributed by atoms with Gasteiger partial charge >= 0.3 is 7.80 Å². The average molecular weight is 531 g/mol. The molecule has 0 bridgehead atoms. The van der Waals surface area contributed by atoms with Crippen LogP contribution in [-0.2, 0) is 17.6 Å². The third-order valence-electron chi connectivity index (χ3n) is 5.80. The van der Waals surface area contributed by atoms with Crippen molar-refractivity contribution >= 4 is 13.1 Å². The second-order valence-corrected chi connectivity index (χ2v) is 10.3. The molecule has 38 heavy (non-hydrogen) atoms. The highest BCUT2D eigenvalue weighted by atomic mass is 31.1. The molecule has 1 unspecified atom stereocenters. The predicted octanol–water partition coefficient (Wildman–Crippen LogP) is 5.33. The van der Waals surface area contributed by atoms with Crippen LogP contribution >= 0.6 is 7.80 Å². The molecule has 0 amide bonds. The minimum Gasteiger partial charge on any atom is -0.491 e. The number of nitrogens with one attached hydrogen (secondary N) is 1. The van der Waals surface area contributed by atoms with E-state index in [-0.39, 0.29) is 13.0 Å². The lowest BCUT2D eigenvalue weighted by Crippen LogP contribution is -2.32. The molecule has 0 aromatic heterocycles. The first kappa shape index (κ1) is 27.3. The van der Waals surface area contributed by atoms with Crippen molar-refractivity contribution in [1.82, 2.24) is 5.32 Å². The Hall–Kier alpha value is -3.70. The van der Waals surface area contributed by atoms with E-state index in [2.05, 4.69) is 5.32 Å². The van der Waals surface area contributed by atoms with Crippen molar-refractivity contribution in [2.24, 2.45) is 0 Å². The number of benzene rings is 4. The fraction of sp³-hybridized carbons (Fsp3) is 0.226. The van der Waals surface area contributed by atoms with Gasteiger partial charge in [0, 0.05) is 6.54 Å². The Bertz CT molecular complexity index is 1240. The van der Waals surface area contributed by atoms with Crippen LogP contribution in [-0.4, -0.2) is 37.3 Å². The van der Waals surface area contributed by atoms with Gasteiger partial charge in [-0.15, -0.1) is 0 Å². The topological polar surface area (TPSA) is 77.0 Å². The number of aliphatic hydroxyl groups is 1. The smallest absolute Gasteiger partial charge is 0.417 e. The van der Waals surface area contributed by atoms with Crippen LogP contribution in [0.3, 0.4) is 0 Å². The summed E-state index contributed by atoms with van der Waals surface area (Å²) >= 11 is 0. The lowest BCUT2D eigenvalue weighted by atomic mass is 10.1. The standard InChI is InChI=1S/C31H33NO5P/c33-27(23-36-29-17-15-28(16-18-29)35-22-26-7-3-1-4-8-26)21-32-20-19-25-11-13-30(14-12-25)37-24-38(34)31-9-5-2-6-10-31/h1-18,27,32-33H,19-24H2/q+1/t27-/m0/s1. The van der Waals surface area contributed by atoms with Crippen LogP contribution in [0.25, 0.3) is 0 Å². The normalized spacial score (nSPS) is 12.0. The molecule has 0 aliphatic rings. The molecule has 0 aliphatic heterocycles. The lowest BCUT2D eigenvalue weighted by molar-refractivity contribution is 0.106. The summed E-state index contributed by atoms with van der Waals surface area (Å²) in [5.74, 6) is 2.15. The molecule has 4 aromatic carbocycles. The Morgan fingerprint density at radius 1 is 0.684 bits per heavy atom. The molecule has 0 saturated heterocycles. The minimum absolute atomic E-state index is 0.159. The fourth-order valence-electron chi connectivity index (χ4n) is 3.68. The monoisotopic (exact) mass is 530 g/mol. The molecule has 0 aliphatic carbocycles. The van der Waals surface area contributed by atoms with E-state index < -0.39 is 13.9 Å². The molecule has 4 aromatic rings. The van der Waals surface area contributed by atoms with Crippen molar-refractivity contribution in [2.45, 2.75) is 19.1 Å². The summed E-state index contributed by atoms with van der Waals surface area (Å²) in [7, 11) is -1.58. The van der Waals surface area contributed by atoms with Crippen LogP contribution in [0, 0.1) is 0 Å². The van der Waals surface area contributed by atoms with E-state index in [0.717, 1.165) is 35.1 Å². The van der Waals surface area contributed by atoms with Crippen LogP contribution in [0.5, 0.6) is 17.2 Å².